The van der Waals surface area contributed by atoms with Crippen LogP contribution in [0.1, 0.15) is 11.1 Å². The van der Waals surface area contributed by atoms with Crippen molar-refractivity contribution in [3.8, 4) is 11.5 Å². The zero-order valence-electron chi connectivity index (χ0n) is 13.8. The van der Waals surface area contributed by atoms with Crippen molar-refractivity contribution in [2.24, 2.45) is 0 Å². The Balaban J connectivity index is 0.00000288. The third-order valence-corrected chi connectivity index (χ3v) is 3.45. The van der Waals surface area contributed by atoms with E-state index in [0.29, 0.717) is 29.9 Å². The molecule has 0 aliphatic rings. The maximum Gasteiger partial charge on any atom is 0.161 e. The molecule has 2 aromatic rings. The summed E-state index contributed by atoms with van der Waals surface area (Å²) >= 11 is 5.77. The summed E-state index contributed by atoms with van der Waals surface area (Å²) in [6.07, 6.45) is 1.70. The lowest BCUT2D eigenvalue weighted by Gasteiger charge is -2.12. The number of nitrogens with zero attached hydrogens (tertiary/aromatic N) is 1. The monoisotopic (exact) mass is 372 g/mol. The average Bonchev–Trinajstić information content (AvgIpc) is 2.58. The van der Waals surface area contributed by atoms with Crippen molar-refractivity contribution in [2.45, 2.75) is 13.2 Å². The minimum atomic E-state index is 0. The zero-order chi connectivity index (χ0) is 16.5. The summed E-state index contributed by atoms with van der Waals surface area (Å²) in [5.74, 6) is 1.40. The normalized spacial score (nSPS) is 10.1. The van der Waals surface area contributed by atoms with Gasteiger partial charge in [0.2, 0.25) is 0 Å². The van der Waals surface area contributed by atoms with Crippen molar-refractivity contribution < 1.29 is 14.2 Å². The fourth-order valence-electron chi connectivity index (χ4n) is 2.00. The Labute approximate surface area is 153 Å². The molecule has 132 valence electrons. The summed E-state index contributed by atoms with van der Waals surface area (Å²) in [4.78, 5) is 4.03. The quantitative estimate of drug-likeness (QED) is 0.539. The first-order chi connectivity index (χ1) is 11.2. The van der Waals surface area contributed by atoms with Crippen molar-refractivity contribution >= 4 is 24.0 Å². The fraction of sp³-hybridized carbons (Fsp3) is 0.353. The van der Waals surface area contributed by atoms with Crippen LogP contribution in [0.3, 0.4) is 0 Å². The summed E-state index contributed by atoms with van der Waals surface area (Å²) in [7, 11) is 3.32. The lowest BCUT2D eigenvalue weighted by molar-refractivity contribution is 0.199. The van der Waals surface area contributed by atoms with Gasteiger partial charge in [0.1, 0.15) is 11.8 Å². The first kappa shape index (κ1) is 20.5. The van der Waals surface area contributed by atoms with Crippen LogP contribution in [0.4, 0.5) is 0 Å². The number of ether oxygens (including phenoxy) is 3. The second-order valence-corrected chi connectivity index (χ2v) is 5.32. The average molecular weight is 373 g/mol. The smallest absolute Gasteiger partial charge is 0.161 e. The number of hydrogen-bond acceptors (Lipinski definition) is 5. The number of benzene rings is 1. The highest BCUT2D eigenvalue weighted by molar-refractivity contribution is 6.29. The topological polar surface area (TPSA) is 52.6 Å². The SMILES string of the molecule is COCCNCc1ccc(OCc2ccc(Cl)nc2)c(OC)c1.Cl. The molecule has 1 N–H and O–H groups in total. The Morgan fingerprint density at radius 2 is 1.88 bits per heavy atom. The third-order valence-electron chi connectivity index (χ3n) is 3.22. The molecule has 0 saturated carbocycles. The van der Waals surface area contributed by atoms with Gasteiger partial charge in [0.25, 0.3) is 0 Å². The second-order valence-electron chi connectivity index (χ2n) is 4.93. The third kappa shape index (κ3) is 6.53. The molecular formula is C17H22Cl2N2O3. The number of nitrogens with one attached hydrogen (secondary N) is 1. The van der Waals surface area contributed by atoms with E-state index in [9.17, 15) is 0 Å². The number of hydrogen-bond donors (Lipinski definition) is 1. The molecule has 7 heteroatoms. The van der Waals surface area contributed by atoms with Gasteiger partial charge < -0.3 is 19.5 Å². The molecular weight excluding hydrogens is 351 g/mol. The number of pyridine rings is 1. The van der Waals surface area contributed by atoms with Crippen LogP contribution in [0.15, 0.2) is 36.5 Å². The molecule has 0 aliphatic carbocycles. The first-order valence-corrected chi connectivity index (χ1v) is 7.70. The standard InChI is InChI=1S/C17H21ClN2O3.ClH/c1-21-8-7-19-10-13-3-5-15(16(9-13)22-2)23-12-14-4-6-17(18)20-11-14;/h3-6,9,11,19H,7-8,10,12H2,1-2H3;1H. The van der Waals surface area contributed by atoms with Crippen LogP contribution in [-0.4, -0.2) is 32.4 Å². The van der Waals surface area contributed by atoms with Gasteiger partial charge in [0, 0.05) is 32.0 Å². The largest absolute Gasteiger partial charge is 0.493 e. The van der Waals surface area contributed by atoms with E-state index in [1.807, 2.05) is 24.3 Å². The number of aromatic nitrogens is 1. The summed E-state index contributed by atoms with van der Waals surface area (Å²) in [5, 5.41) is 3.76. The highest BCUT2D eigenvalue weighted by Crippen LogP contribution is 2.28. The summed E-state index contributed by atoms with van der Waals surface area (Å²) in [6.45, 7) is 2.65. The highest BCUT2D eigenvalue weighted by atomic mass is 35.5. The van der Waals surface area contributed by atoms with Crippen LogP contribution in [0, 0.1) is 0 Å². The number of rotatable bonds is 9. The van der Waals surface area contributed by atoms with Crippen molar-refractivity contribution in [1.82, 2.24) is 10.3 Å². The molecule has 2 rings (SSSR count). The van der Waals surface area contributed by atoms with Crippen LogP contribution < -0.4 is 14.8 Å². The Morgan fingerprint density at radius 1 is 1.08 bits per heavy atom. The van der Waals surface area contributed by atoms with E-state index in [4.69, 9.17) is 25.8 Å². The summed E-state index contributed by atoms with van der Waals surface area (Å²) in [5.41, 5.74) is 2.07. The van der Waals surface area contributed by atoms with Crippen LogP contribution >= 0.6 is 24.0 Å². The van der Waals surface area contributed by atoms with Gasteiger partial charge >= 0.3 is 0 Å². The van der Waals surface area contributed by atoms with E-state index in [0.717, 1.165) is 24.2 Å². The zero-order valence-corrected chi connectivity index (χ0v) is 15.3. The maximum atomic E-state index is 5.80. The van der Waals surface area contributed by atoms with E-state index >= 15 is 0 Å². The number of halogens is 2. The van der Waals surface area contributed by atoms with Gasteiger partial charge in [-0.2, -0.15) is 0 Å². The fourth-order valence-corrected chi connectivity index (χ4v) is 2.11. The van der Waals surface area contributed by atoms with E-state index in [-0.39, 0.29) is 12.4 Å². The first-order valence-electron chi connectivity index (χ1n) is 7.32. The molecule has 0 amide bonds. The van der Waals surface area contributed by atoms with Crippen LogP contribution in [0.5, 0.6) is 11.5 Å². The van der Waals surface area contributed by atoms with Crippen LogP contribution in [0.25, 0.3) is 0 Å². The second kappa shape index (κ2) is 11.1. The maximum absolute atomic E-state index is 5.80. The molecule has 0 radical (unpaired) electrons. The van der Waals surface area contributed by atoms with Gasteiger partial charge in [-0.25, -0.2) is 4.98 Å². The minimum Gasteiger partial charge on any atom is -0.493 e. The molecule has 0 saturated heterocycles. The predicted octanol–water partition coefficient (Wildman–Crippen LogP) is 3.48. The molecule has 24 heavy (non-hydrogen) atoms. The summed E-state index contributed by atoms with van der Waals surface area (Å²) in [6, 6.07) is 9.52. The van der Waals surface area contributed by atoms with E-state index in [1.165, 1.54) is 0 Å². The lowest BCUT2D eigenvalue weighted by Crippen LogP contribution is -2.18. The Bertz CT molecular complexity index is 609. The van der Waals surface area contributed by atoms with Gasteiger partial charge in [-0.3, -0.25) is 0 Å². The molecule has 0 spiro atoms. The molecule has 0 fully saturated rings. The van der Waals surface area contributed by atoms with E-state index < -0.39 is 0 Å². The van der Waals surface area contributed by atoms with Gasteiger partial charge in [-0.15, -0.1) is 12.4 Å². The van der Waals surface area contributed by atoms with Crippen molar-refractivity contribution in [3.63, 3.8) is 0 Å². The lowest BCUT2D eigenvalue weighted by atomic mass is 10.2. The molecule has 1 aromatic carbocycles. The molecule has 0 atom stereocenters. The van der Waals surface area contributed by atoms with Crippen LogP contribution in [0.2, 0.25) is 5.15 Å². The molecule has 5 nitrogen and oxygen atoms in total. The van der Waals surface area contributed by atoms with Gasteiger partial charge in [0.05, 0.1) is 13.7 Å². The minimum absolute atomic E-state index is 0. The van der Waals surface area contributed by atoms with Crippen LogP contribution in [-0.2, 0) is 17.9 Å². The molecule has 0 unspecified atom stereocenters. The number of methoxy groups -OCH3 is 2. The predicted molar refractivity (Wildman–Crippen MR) is 97.4 cm³/mol. The Morgan fingerprint density at radius 3 is 2.54 bits per heavy atom. The van der Waals surface area contributed by atoms with Crippen molar-refractivity contribution in [3.05, 3.63) is 52.8 Å². The van der Waals surface area contributed by atoms with E-state index in [2.05, 4.69) is 10.3 Å². The highest BCUT2D eigenvalue weighted by Gasteiger charge is 2.06. The Hall–Kier alpha value is -1.53. The van der Waals surface area contributed by atoms with Crippen molar-refractivity contribution in [2.75, 3.05) is 27.4 Å². The summed E-state index contributed by atoms with van der Waals surface area (Å²) < 4.78 is 16.2. The van der Waals surface area contributed by atoms with Crippen molar-refractivity contribution in [1.29, 1.82) is 0 Å². The van der Waals surface area contributed by atoms with Gasteiger partial charge in [-0.05, 0) is 23.8 Å². The van der Waals surface area contributed by atoms with Gasteiger partial charge in [0.15, 0.2) is 11.5 Å². The van der Waals surface area contributed by atoms with Gasteiger partial charge in [-0.1, -0.05) is 23.7 Å². The molecule has 0 bridgehead atoms. The van der Waals surface area contributed by atoms with E-state index in [1.54, 1.807) is 26.5 Å². The Kier molecular flexibility index (Phi) is 9.49. The molecule has 1 aromatic heterocycles. The molecule has 1 heterocycles. The molecule has 0 aliphatic heterocycles.